The number of hydrogen-bond acceptors (Lipinski definition) is 2. The first-order chi connectivity index (χ1) is 6.84. The largest absolute Gasteiger partial charge is 0.370 e. The van der Waals surface area contributed by atoms with E-state index in [1.807, 2.05) is 0 Å². The molecule has 2 nitrogen and oxygen atoms in total. The van der Waals surface area contributed by atoms with Crippen LogP contribution in [0.2, 0.25) is 0 Å². The van der Waals surface area contributed by atoms with E-state index in [4.69, 9.17) is 4.74 Å². The molecular formula is C12H22O2. The first kappa shape index (κ1) is 11.7. The zero-order valence-corrected chi connectivity index (χ0v) is 9.26. The molecule has 0 aromatic heterocycles. The Morgan fingerprint density at radius 3 is 2.86 bits per heavy atom. The molecule has 82 valence electrons. The Morgan fingerprint density at radius 1 is 1.29 bits per heavy atom. The summed E-state index contributed by atoms with van der Waals surface area (Å²) in [5, 5.41) is 0. The number of ether oxygens (including phenoxy) is 1. The molecule has 0 bridgehead atoms. The quantitative estimate of drug-likeness (QED) is 0.613. The Labute approximate surface area is 87.0 Å². The van der Waals surface area contributed by atoms with Crippen molar-refractivity contribution < 1.29 is 9.53 Å². The van der Waals surface area contributed by atoms with Gasteiger partial charge in [0.05, 0.1) is 0 Å². The lowest BCUT2D eigenvalue weighted by molar-refractivity contribution is -0.133. The molecule has 0 aromatic rings. The SMILES string of the molecule is CCCCCCOC1CCCCC1=O. The number of hydrogen-bond donors (Lipinski definition) is 0. The van der Waals surface area contributed by atoms with Crippen molar-refractivity contribution in [1.29, 1.82) is 0 Å². The van der Waals surface area contributed by atoms with Gasteiger partial charge in [0.1, 0.15) is 6.10 Å². The number of unbranched alkanes of at least 4 members (excludes halogenated alkanes) is 3. The molecule has 1 rings (SSSR count). The van der Waals surface area contributed by atoms with Crippen LogP contribution in [0, 0.1) is 0 Å². The third kappa shape index (κ3) is 4.23. The predicted octanol–water partition coefficient (Wildman–Crippen LogP) is 3.10. The fourth-order valence-electron chi connectivity index (χ4n) is 1.88. The fourth-order valence-corrected chi connectivity index (χ4v) is 1.88. The zero-order valence-electron chi connectivity index (χ0n) is 9.26. The zero-order chi connectivity index (χ0) is 10.2. The summed E-state index contributed by atoms with van der Waals surface area (Å²) in [6.07, 6.45) is 8.72. The van der Waals surface area contributed by atoms with Crippen molar-refractivity contribution in [3.05, 3.63) is 0 Å². The van der Waals surface area contributed by atoms with Crippen molar-refractivity contribution in [2.45, 2.75) is 64.4 Å². The summed E-state index contributed by atoms with van der Waals surface area (Å²) in [5.41, 5.74) is 0. The Kier molecular flexibility index (Phi) is 5.85. The maximum Gasteiger partial charge on any atom is 0.161 e. The van der Waals surface area contributed by atoms with Gasteiger partial charge < -0.3 is 4.74 Å². The molecule has 0 radical (unpaired) electrons. The maximum absolute atomic E-state index is 11.4. The Hall–Kier alpha value is -0.370. The standard InChI is InChI=1S/C12H22O2/c1-2-3-4-7-10-14-12-9-6-5-8-11(12)13/h12H,2-10H2,1H3. The minimum Gasteiger partial charge on any atom is -0.370 e. The van der Waals surface area contributed by atoms with E-state index in [1.54, 1.807) is 0 Å². The number of rotatable bonds is 6. The summed E-state index contributed by atoms with van der Waals surface area (Å²) in [4.78, 5) is 11.4. The van der Waals surface area contributed by atoms with Gasteiger partial charge in [-0.1, -0.05) is 26.2 Å². The number of carbonyl (C=O) groups is 1. The van der Waals surface area contributed by atoms with Crippen LogP contribution in [-0.2, 0) is 9.53 Å². The molecule has 1 unspecified atom stereocenters. The number of carbonyl (C=O) groups excluding carboxylic acids is 1. The Balaban J connectivity index is 2.02. The van der Waals surface area contributed by atoms with E-state index < -0.39 is 0 Å². The van der Waals surface area contributed by atoms with Gasteiger partial charge in [0.15, 0.2) is 5.78 Å². The maximum atomic E-state index is 11.4. The molecule has 1 atom stereocenters. The molecular weight excluding hydrogens is 176 g/mol. The number of ketones is 1. The van der Waals surface area contributed by atoms with Crippen molar-refractivity contribution >= 4 is 5.78 Å². The van der Waals surface area contributed by atoms with Crippen molar-refractivity contribution in [3.8, 4) is 0 Å². The highest BCUT2D eigenvalue weighted by Crippen LogP contribution is 2.17. The van der Waals surface area contributed by atoms with Gasteiger partial charge in [-0.2, -0.15) is 0 Å². The first-order valence-corrected chi connectivity index (χ1v) is 5.99. The van der Waals surface area contributed by atoms with Crippen LogP contribution in [0.15, 0.2) is 0 Å². The topological polar surface area (TPSA) is 26.3 Å². The molecule has 0 spiro atoms. The van der Waals surface area contributed by atoms with E-state index in [1.165, 1.54) is 19.3 Å². The summed E-state index contributed by atoms with van der Waals surface area (Å²) >= 11 is 0. The molecule has 2 heteroatoms. The van der Waals surface area contributed by atoms with Gasteiger partial charge in [0, 0.05) is 13.0 Å². The van der Waals surface area contributed by atoms with Crippen LogP contribution in [0.25, 0.3) is 0 Å². The lowest BCUT2D eigenvalue weighted by Gasteiger charge is -2.20. The Bertz CT molecular complexity index is 166. The molecule has 1 fully saturated rings. The summed E-state index contributed by atoms with van der Waals surface area (Å²) in [5.74, 6) is 0.326. The van der Waals surface area contributed by atoms with E-state index >= 15 is 0 Å². The average molecular weight is 198 g/mol. The highest BCUT2D eigenvalue weighted by molar-refractivity contribution is 5.83. The highest BCUT2D eigenvalue weighted by Gasteiger charge is 2.22. The third-order valence-corrected chi connectivity index (χ3v) is 2.82. The molecule has 0 aromatic carbocycles. The molecule has 0 saturated heterocycles. The second-order valence-electron chi connectivity index (χ2n) is 4.13. The first-order valence-electron chi connectivity index (χ1n) is 5.99. The molecule has 0 aliphatic heterocycles. The normalized spacial score (nSPS) is 22.6. The van der Waals surface area contributed by atoms with Gasteiger partial charge in [0.2, 0.25) is 0 Å². The number of Topliss-reactive ketones (excluding diaryl/α,β-unsaturated/α-hetero) is 1. The van der Waals surface area contributed by atoms with Gasteiger partial charge in [-0.15, -0.1) is 0 Å². The highest BCUT2D eigenvalue weighted by atomic mass is 16.5. The van der Waals surface area contributed by atoms with Gasteiger partial charge >= 0.3 is 0 Å². The lowest BCUT2D eigenvalue weighted by Crippen LogP contribution is -2.27. The van der Waals surface area contributed by atoms with Crippen LogP contribution in [0.4, 0.5) is 0 Å². The third-order valence-electron chi connectivity index (χ3n) is 2.82. The second kappa shape index (κ2) is 6.99. The second-order valence-corrected chi connectivity index (χ2v) is 4.13. The van der Waals surface area contributed by atoms with Crippen LogP contribution in [0.1, 0.15) is 58.3 Å². The molecule has 0 amide bonds. The van der Waals surface area contributed by atoms with Crippen LogP contribution in [0.3, 0.4) is 0 Å². The van der Waals surface area contributed by atoms with Crippen molar-refractivity contribution in [3.63, 3.8) is 0 Å². The van der Waals surface area contributed by atoms with Gasteiger partial charge in [-0.3, -0.25) is 4.79 Å². The summed E-state index contributed by atoms with van der Waals surface area (Å²) in [6, 6.07) is 0. The molecule has 14 heavy (non-hydrogen) atoms. The van der Waals surface area contributed by atoms with Gasteiger partial charge in [0.25, 0.3) is 0 Å². The van der Waals surface area contributed by atoms with E-state index in [0.717, 1.165) is 38.7 Å². The van der Waals surface area contributed by atoms with E-state index in [0.29, 0.717) is 5.78 Å². The van der Waals surface area contributed by atoms with Crippen LogP contribution in [-0.4, -0.2) is 18.5 Å². The molecule has 1 aliphatic carbocycles. The predicted molar refractivity (Wildman–Crippen MR) is 57.4 cm³/mol. The van der Waals surface area contributed by atoms with E-state index in [-0.39, 0.29) is 6.10 Å². The smallest absolute Gasteiger partial charge is 0.161 e. The monoisotopic (exact) mass is 198 g/mol. The fraction of sp³-hybridized carbons (Fsp3) is 0.917. The van der Waals surface area contributed by atoms with Crippen molar-refractivity contribution in [2.24, 2.45) is 0 Å². The Morgan fingerprint density at radius 2 is 2.14 bits per heavy atom. The van der Waals surface area contributed by atoms with Gasteiger partial charge in [-0.05, 0) is 25.7 Å². The molecule has 0 heterocycles. The van der Waals surface area contributed by atoms with Crippen LogP contribution in [0.5, 0.6) is 0 Å². The molecule has 0 N–H and O–H groups in total. The average Bonchev–Trinajstić information content (AvgIpc) is 2.20. The van der Waals surface area contributed by atoms with Crippen LogP contribution >= 0.6 is 0 Å². The minimum absolute atomic E-state index is 0.0645. The summed E-state index contributed by atoms with van der Waals surface area (Å²) in [6.45, 7) is 2.97. The summed E-state index contributed by atoms with van der Waals surface area (Å²) < 4.78 is 5.59. The molecule has 1 saturated carbocycles. The minimum atomic E-state index is -0.0645. The van der Waals surface area contributed by atoms with E-state index in [2.05, 4.69) is 6.92 Å². The van der Waals surface area contributed by atoms with E-state index in [9.17, 15) is 4.79 Å². The van der Waals surface area contributed by atoms with Crippen LogP contribution < -0.4 is 0 Å². The van der Waals surface area contributed by atoms with Gasteiger partial charge in [-0.25, -0.2) is 0 Å². The molecule has 1 aliphatic rings. The lowest BCUT2D eigenvalue weighted by atomic mass is 9.96. The summed E-state index contributed by atoms with van der Waals surface area (Å²) in [7, 11) is 0. The van der Waals surface area contributed by atoms with Crippen molar-refractivity contribution in [2.75, 3.05) is 6.61 Å². The van der Waals surface area contributed by atoms with Crippen molar-refractivity contribution in [1.82, 2.24) is 0 Å².